The smallest absolute Gasteiger partial charge is 0.254 e. The van der Waals surface area contributed by atoms with Crippen molar-refractivity contribution in [2.24, 2.45) is 0 Å². The van der Waals surface area contributed by atoms with E-state index in [4.69, 9.17) is 0 Å². The third kappa shape index (κ3) is 3.49. The number of aromatic nitrogens is 1. The molecule has 26 heavy (non-hydrogen) atoms. The number of hydrogen-bond donors (Lipinski definition) is 2. The molecule has 0 aliphatic heterocycles. The first-order valence-electron chi connectivity index (χ1n) is 7.52. The molecular formula is C18H12F3N3O2. The van der Waals surface area contributed by atoms with Crippen LogP contribution < -0.4 is 10.6 Å². The van der Waals surface area contributed by atoms with Gasteiger partial charge in [-0.05, 0) is 24.3 Å². The normalized spacial score (nSPS) is 10.6. The number of carbonyl (C=O) groups is 2. The molecule has 0 atom stereocenters. The fourth-order valence-electron chi connectivity index (χ4n) is 2.36. The summed E-state index contributed by atoms with van der Waals surface area (Å²) < 4.78 is 39.6. The summed E-state index contributed by atoms with van der Waals surface area (Å²) in [7, 11) is 0. The van der Waals surface area contributed by atoms with E-state index in [-0.39, 0.29) is 0 Å². The van der Waals surface area contributed by atoms with Crippen molar-refractivity contribution in [3.63, 3.8) is 0 Å². The van der Waals surface area contributed by atoms with Crippen LogP contribution in [-0.2, 0) is 4.79 Å². The molecule has 0 aliphatic rings. The second-order valence-corrected chi connectivity index (χ2v) is 5.33. The van der Waals surface area contributed by atoms with Gasteiger partial charge in [0.1, 0.15) is 0 Å². The molecule has 2 aromatic carbocycles. The predicted molar refractivity (Wildman–Crippen MR) is 89.0 cm³/mol. The molecule has 0 bridgehead atoms. The summed E-state index contributed by atoms with van der Waals surface area (Å²) in [5.74, 6) is -6.38. The Balaban J connectivity index is 1.67. The van der Waals surface area contributed by atoms with Crippen molar-refractivity contribution in [1.82, 2.24) is 10.3 Å². The highest BCUT2D eigenvalue weighted by Crippen LogP contribution is 2.20. The molecule has 0 saturated carbocycles. The molecule has 3 rings (SSSR count). The number of hydrogen-bond acceptors (Lipinski definition) is 3. The lowest BCUT2D eigenvalue weighted by molar-refractivity contribution is -0.115. The molecule has 0 radical (unpaired) electrons. The molecule has 1 heterocycles. The Bertz CT molecular complexity index is 1000. The van der Waals surface area contributed by atoms with Gasteiger partial charge < -0.3 is 10.6 Å². The van der Waals surface area contributed by atoms with E-state index in [0.717, 1.165) is 11.5 Å². The first kappa shape index (κ1) is 17.4. The first-order valence-corrected chi connectivity index (χ1v) is 7.52. The number of nitrogens with zero attached hydrogens (tertiary/aromatic N) is 1. The Morgan fingerprint density at radius 2 is 1.73 bits per heavy atom. The molecule has 2 N–H and O–H groups in total. The molecule has 2 amide bonds. The third-order valence-electron chi connectivity index (χ3n) is 3.60. The van der Waals surface area contributed by atoms with E-state index >= 15 is 0 Å². The maximum Gasteiger partial charge on any atom is 0.254 e. The topological polar surface area (TPSA) is 71.1 Å². The molecule has 0 spiro atoms. The van der Waals surface area contributed by atoms with Gasteiger partial charge in [0, 0.05) is 11.6 Å². The molecule has 5 nitrogen and oxygen atoms in total. The van der Waals surface area contributed by atoms with E-state index in [1.54, 1.807) is 24.4 Å². The summed E-state index contributed by atoms with van der Waals surface area (Å²) in [6.45, 7) is -0.486. The van der Waals surface area contributed by atoms with Crippen LogP contribution in [0, 0.1) is 17.5 Å². The number of benzene rings is 2. The van der Waals surface area contributed by atoms with Crippen LogP contribution in [-0.4, -0.2) is 23.3 Å². The van der Waals surface area contributed by atoms with Crippen LogP contribution in [0.5, 0.6) is 0 Å². The van der Waals surface area contributed by atoms with E-state index in [2.05, 4.69) is 15.6 Å². The summed E-state index contributed by atoms with van der Waals surface area (Å²) in [4.78, 5) is 28.1. The first-order chi connectivity index (χ1) is 12.5. The minimum absolute atomic E-state index is 0.446. The highest BCUT2D eigenvalue weighted by molar-refractivity contribution is 6.03. The van der Waals surface area contributed by atoms with Gasteiger partial charge in [-0.25, -0.2) is 13.2 Å². The fraction of sp³-hybridized carbons (Fsp3) is 0.0556. The summed E-state index contributed by atoms with van der Waals surface area (Å²) in [6.07, 6.45) is 1.58. The summed E-state index contributed by atoms with van der Waals surface area (Å²) >= 11 is 0. The van der Waals surface area contributed by atoms with E-state index in [9.17, 15) is 22.8 Å². The van der Waals surface area contributed by atoms with Crippen LogP contribution in [0.3, 0.4) is 0 Å². The predicted octanol–water partition coefficient (Wildman–Crippen LogP) is 3.02. The molecule has 3 aromatic rings. The summed E-state index contributed by atoms with van der Waals surface area (Å²) in [5, 5.41) is 5.55. The maximum absolute atomic E-state index is 13.6. The zero-order chi connectivity index (χ0) is 18.7. The number of rotatable bonds is 4. The van der Waals surface area contributed by atoms with Gasteiger partial charge in [0.05, 0.1) is 23.3 Å². The Hall–Kier alpha value is -3.42. The van der Waals surface area contributed by atoms with Gasteiger partial charge in [-0.2, -0.15) is 0 Å². The molecule has 8 heteroatoms. The van der Waals surface area contributed by atoms with Crippen molar-refractivity contribution in [2.45, 2.75) is 0 Å². The van der Waals surface area contributed by atoms with Crippen molar-refractivity contribution in [3.8, 4) is 0 Å². The molecule has 1 aromatic heterocycles. The Labute approximate surface area is 145 Å². The number of fused-ring (bicyclic) bond motifs is 1. The van der Waals surface area contributed by atoms with Gasteiger partial charge >= 0.3 is 0 Å². The van der Waals surface area contributed by atoms with Gasteiger partial charge in [-0.1, -0.05) is 18.2 Å². The number of carbonyl (C=O) groups excluding carboxylic acids is 2. The number of pyridine rings is 1. The van der Waals surface area contributed by atoms with E-state index in [1.165, 1.54) is 0 Å². The number of amides is 2. The number of nitrogens with one attached hydrogen (secondary N) is 2. The quantitative estimate of drug-likeness (QED) is 0.704. The fourth-order valence-corrected chi connectivity index (χ4v) is 2.36. The largest absolute Gasteiger partial charge is 0.343 e. The Kier molecular flexibility index (Phi) is 4.83. The SMILES string of the molecule is O=C(CNC(=O)c1ccc(F)c(F)c1F)Nc1cccc2cccnc12. The Morgan fingerprint density at radius 1 is 0.962 bits per heavy atom. The molecule has 132 valence electrons. The van der Waals surface area contributed by atoms with Gasteiger partial charge in [-0.15, -0.1) is 0 Å². The van der Waals surface area contributed by atoms with Crippen LogP contribution in [0.15, 0.2) is 48.7 Å². The molecule has 0 unspecified atom stereocenters. The van der Waals surface area contributed by atoms with Crippen LogP contribution in [0.1, 0.15) is 10.4 Å². The minimum atomic E-state index is -1.75. The van der Waals surface area contributed by atoms with Crippen LogP contribution in [0.4, 0.5) is 18.9 Å². The average Bonchev–Trinajstić information content (AvgIpc) is 2.65. The van der Waals surface area contributed by atoms with Gasteiger partial charge in [0.2, 0.25) is 5.91 Å². The van der Waals surface area contributed by atoms with Crippen molar-refractivity contribution in [1.29, 1.82) is 0 Å². The zero-order valence-electron chi connectivity index (χ0n) is 13.2. The average molecular weight is 359 g/mol. The lowest BCUT2D eigenvalue weighted by Gasteiger charge is -2.09. The van der Waals surface area contributed by atoms with Crippen LogP contribution in [0.25, 0.3) is 10.9 Å². The summed E-state index contributed by atoms with van der Waals surface area (Å²) in [6, 6.07) is 10.2. The van der Waals surface area contributed by atoms with Crippen molar-refractivity contribution >= 4 is 28.4 Å². The second kappa shape index (κ2) is 7.22. The minimum Gasteiger partial charge on any atom is -0.343 e. The molecule has 0 fully saturated rings. The van der Waals surface area contributed by atoms with Gasteiger partial charge in [0.25, 0.3) is 5.91 Å². The van der Waals surface area contributed by atoms with E-state index in [0.29, 0.717) is 17.3 Å². The zero-order valence-corrected chi connectivity index (χ0v) is 13.2. The third-order valence-corrected chi connectivity index (χ3v) is 3.60. The molecule has 0 aliphatic carbocycles. The number of para-hydroxylation sites is 1. The van der Waals surface area contributed by atoms with E-state index < -0.39 is 41.4 Å². The highest BCUT2D eigenvalue weighted by Gasteiger charge is 2.19. The Morgan fingerprint density at radius 3 is 2.54 bits per heavy atom. The van der Waals surface area contributed by atoms with Crippen molar-refractivity contribution in [3.05, 3.63) is 71.7 Å². The maximum atomic E-state index is 13.6. The standard InChI is InChI=1S/C18H12F3N3O2/c19-12-7-6-11(15(20)16(12)21)18(26)23-9-14(25)24-13-5-1-3-10-4-2-8-22-17(10)13/h1-8H,9H2,(H,23,26)(H,24,25). The molecule has 0 saturated heterocycles. The molecular weight excluding hydrogens is 347 g/mol. The summed E-state index contributed by atoms with van der Waals surface area (Å²) in [5.41, 5.74) is 0.325. The van der Waals surface area contributed by atoms with Crippen LogP contribution in [0.2, 0.25) is 0 Å². The van der Waals surface area contributed by atoms with E-state index in [1.807, 2.05) is 12.1 Å². The monoisotopic (exact) mass is 359 g/mol. The van der Waals surface area contributed by atoms with Gasteiger partial charge in [-0.3, -0.25) is 14.6 Å². The lowest BCUT2D eigenvalue weighted by atomic mass is 10.2. The van der Waals surface area contributed by atoms with Crippen LogP contribution >= 0.6 is 0 Å². The van der Waals surface area contributed by atoms with Crippen molar-refractivity contribution in [2.75, 3.05) is 11.9 Å². The second-order valence-electron chi connectivity index (χ2n) is 5.33. The number of halogens is 3. The van der Waals surface area contributed by atoms with Gasteiger partial charge in [0.15, 0.2) is 17.5 Å². The highest BCUT2D eigenvalue weighted by atomic mass is 19.2. The van der Waals surface area contributed by atoms with Crippen molar-refractivity contribution < 1.29 is 22.8 Å². The lowest BCUT2D eigenvalue weighted by Crippen LogP contribution is -2.33. The number of anilines is 1.